The van der Waals surface area contributed by atoms with Gasteiger partial charge < -0.3 is 15.1 Å². The van der Waals surface area contributed by atoms with E-state index in [0.717, 1.165) is 37.7 Å². The lowest BCUT2D eigenvalue weighted by molar-refractivity contribution is 0.460. The van der Waals surface area contributed by atoms with Gasteiger partial charge in [-0.2, -0.15) is 0 Å². The molecule has 3 rings (SSSR count). The Morgan fingerprint density at radius 3 is 3.06 bits per heavy atom. The van der Waals surface area contributed by atoms with Crippen molar-refractivity contribution in [2.45, 2.75) is 19.9 Å². The van der Waals surface area contributed by atoms with Crippen LogP contribution in [0, 0.1) is 6.92 Å². The molecule has 0 radical (unpaired) electrons. The van der Waals surface area contributed by atoms with Gasteiger partial charge in [0.05, 0.1) is 22.4 Å². The maximum atomic E-state index is 6.50. The maximum Gasteiger partial charge on any atom is 0.0797 e. The summed E-state index contributed by atoms with van der Waals surface area (Å²) in [7, 11) is 0. The number of benzene rings is 1. The normalized spacial score (nSPS) is 22.7. The zero-order valence-corrected chi connectivity index (χ0v) is 11.8. The highest BCUT2D eigenvalue weighted by Gasteiger charge is 2.33. The summed E-state index contributed by atoms with van der Waals surface area (Å²) < 4.78 is 0. The summed E-state index contributed by atoms with van der Waals surface area (Å²) in [5, 5.41) is 4.38. The topological polar surface area (TPSA) is 18.5 Å². The van der Waals surface area contributed by atoms with Crippen LogP contribution >= 0.6 is 11.6 Å². The van der Waals surface area contributed by atoms with Crippen LogP contribution in [0.2, 0.25) is 5.02 Å². The first-order chi connectivity index (χ1) is 8.70. The van der Waals surface area contributed by atoms with E-state index in [-0.39, 0.29) is 0 Å². The first kappa shape index (κ1) is 12.1. The molecule has 0 aliphatic carbocycles. The molecule has 1 N–H and O–H groups in total. The average molecular weight is 266 g/mol. The van der Waals surface area contributed by atoms with Gasteiger partial charge in [-0.25, -0.2) is 0 Å². The SMILES string of the molecule is CCN1CC2CNCCN2c2c(Cl)cc(C)cc21. The van der Waals surface area contributed by atoms with E-state index in [0.29, 0.717) is 6.04 Å². The fourth-order valence-electron chi connectivity index (χ4n) is 3.11. The maximum absolute atomic E-state index is 6.50. The van der Waals surface area contributed by atoms with Crippen molar-refractivity contribution in [1.29, 1.82) is 0 Å². The molecule has 3 nitrogen and oxygen atoms in total. The number of piperazine rings is 1. The summed E-state index contributed by atoms with van der Waals surface area (Å²) in [6.07, 6.45) is 0. The van der Waals surface area contributed by atoms with Crippen LogP contribution in [0.4, 0.5) is 11.4 Å². The average Bonchev–Trinajstić information content (AvgIpc) is 2.37. The third kappa shape index (κ3) is 1.86. The molecule has 1 aromatic rings. The number of aryl methyl sites for hydroxylation is 1. The van der Waals surface area contributed by atoms with Crippen molar-refractivity contribution in [1.82, 2.24) is 5.32 Å². The van der Waals surface area contributed by atoms with Gasteiger partial charge in [-0.3, -0.25) is 0 Å². The fourth-order valence-corrected chi connectivity index (χ4v) is 3.49. The Morgan fingerprint density at radius 2 is 2.28 bits per heavy atom. The van der Waals surface area contributed by atoms with Gasteiger partial charge in [-0.15, -0.1) is 0 Å². The van der Waals surface area contributed by atoms with Crippen LogP contribution < -0.4 is 15.1 Å². The first-order valence-electron chi connectivity index (χ1n) is 6.73. The molecule has 2 aliphatic heterocycles. The highest BCUT2D eigenvalue weighted by Crippen LogP contribution is 2.42. The summed E-state index contributed by atoms with van der Waals surface area (Å²) in [6.45, 7) is 9.62. The van der Waals surface area contributed by atoms with Crippen LogP contribution in [0.25, 0.3) is 0 Å². The fraction of sp³-hybridized carbons (Fsp3) is 0.571. The molecule has 0 spiro atoms. The largest absolute Gasteiger partial charge is 0.368 e. The number of likely N-dealkylation sites (N-methyl/N-ethyl adjacent to an activating group) is 1. The number of nitrogens with zero attached hydrogens (tertiary/aromatic N) is 2. The lowest BCUT2D eigenvalue weighted by Gasteiger charge is -2.47. The Balaban J connectivity index is 2.11. The standard InChI is InChI=1S/C14H20ClN3/c1-3-17-9-11-8-16-4-5-18(11)14-12(15)6-10(2)7-13(14)17/h6-7,11,16H,3-5,8-9H2,1-2H3. The van der Waals surface area contributed by atoms with E-state index in [1.165, 1.54) is 16.9 Å². The van der Waals surface area contributed by atoms with E-state index < -0.39 is 0 Å². The molecule has 0 bridgehead atoms. The Labute approximate surface area is 114 Å². The summed E-state index contributed by atoms with van der Waals surface area (Å²) in [5.41, 5.74) is 3.79. The van der Waals surface area contributed by atoms with Crippen molar-refractivity contribution >= 4 is 23.0 Å². The van der Waals surface area contributed by atoms with Crippen LogP contribution in [-0.2, 0) is 0 Å². The first-order valence-corrected chi connectivity index (χ1v) is 7.11. The van der Waals surface area contributed by atoms with Crippen molar-refractivity contribution in [3.63, 3.8) is 0 Å². The van der Waals surface area contributed by atoms with E-state index in [2.05, 4.69) is 41.1 Å². The lowest BCUT2D eigenvalue weighted by Crippen LogP contribution is -2.58. The van der Waals surface area contributed by atoms with Crippen LogP contribution in [0.3, 0.4) is 0 Å². The van der Waals surface area contributed by atoms with Gasteiger partial charge in [0.1, 0.15) is 0 Å². The molecule has 0 saturated carbocycles. The second-order valence-electron chi connectivity index (χ2n) is 5.20. The van der Waals surface area contributed by atoms with Crippen molar-refractivity contribution in [2.75, 3.05) is 42.5 Å². The molecule has 0 amide bonds. The molecule has 98 valence electrons. The lowest BCUT2D eigenvalue weighted by atomic mass is 10.0. The van der Waals surface area contributed by atoms with E-state index in [1.807, 2.05) is 0 Å². The molecule has 0 aromatic heterocycles. The molecule has 1 unspecified atom stereocenters. The van der Waals surface area contributed by atoms with Gasteiger partial charge in [0.2, 0.25) is 0 Å². The predicted molar refractivity (Wildman–Crippen MR) is 78.1 cm³/mol. The van der Waals surface area contributed by atoms with Crippen LogP contribution in [0.15, 0.2) is 12.1 Å². The van der Waals surface area contributed by atoms with Crippen LogP contribution in [-0.4, -0.2) is 38.8 Å². The minimum Gasteiger partial charge on any atom is -0.368 e. The van der Waals surface area contributed by atoms with E-state index in [4.69, 9.17) is 11.6 Å². The monoisotopic (exact) mass is 265 g/mol. The third-order valence-electron chi connectivity index (χ3n) is 3.98. The highest BCUT2D eigenvalue weighted by atomic mass is 35.5. The van der Waals surface area contributed by atoms with Crippen molar-refractivity contribution < 1.29 is 0 Å². The van der Waals surface area contributed by atoms with Gasteiger partial charge in [-0.05, 0) is 31.5 Å². The van der Waals surface area contributed by atoms with Gasteiger partial charge in [0, 0.05) is 32.7 Å². The van der Waals surface area contributed by atoms with Crippen LogP contribution in [0.5, 0.6) is 0 Å². The van der Waals surface area contributed by atoms with Crippen molar-refractivity contribution in [3.8, 4) is 0 Å². The predicted octanol–water partition coefficient (Wildman–Crippen LogP) is 2.27. The van der Waals surface area contributed by atoms with Gasteiger partial charge >= 0.3 is 0 Å². The molecule has 1 aromatic carbocycles. The molecule has 2 aliphatic rings. The van der Waals surface area contributed by atoms with Gasteiger partial charge in [0.25, 0.3) is 0 Å². The molecular formula is C14H20ClN3. The molecule has 1 fully saturated rings. The molecule has 1 saturated heterocycles. The number of nitrogens with one attached hydrogen (secondary N) is 1. The molecule has 18 heavy (non-hydrogen) atoms. The van der Waals surface area contributed by atoms with E-state index in [1.54, 1.807) is 0 Å². The number of rotatable bonds is 1. The summed E-state index contributed by atoms with van der Waals surface area (Å²) in [4.78, 5) is 4.93. The van der Waals surface area contributed by atoms with Crippen molar-refractivity contribution in [3.05, 3.63) is 22.7 Å². The van der Waals surface area contributed by atoms with Crippen molar-refractivity contribution in [2.24, 2.45) is 0 Å². The van der Waals surface area contributed by atoms with Crippen LogP contribution in [0.1, 0.15) is 12.5 Å². The minimum atomic E-state index is 0.548. The van der Waals surface area contributed by atoms with E-state index >= 15 is 0 Å². The van der Waals surface area contributed by atoms with Gasteiger partial charge in [0.15, 0.2) is 0 Å². The quantitative estimate of drug-likeness (QED) is 0.840. The second-order valence-corrected chi connectivity index (χ2v) is 5.61. The Morgan fingerprint density at radius 1 is 1.44 bits per heavy atom. The molecular weight excluding hydrogens is 246 g/mol. The second kappa shape index (κ2) is 4.63. The minimum absolute atomic E-state index is 0.548. The summed E-state index contributed by atoms with van der Waals surface area (Å²) >= 11 is 6.50. The van der Waals surface area contributed by atoms with Gasteiger partial charge in [-0.1, -0.05) is 11.6 Å². The zero-order chi connectivity index (χ0) is 12.7. The van der Waals surface area contributed by atoms with E-state index in [9.17, 15) is 0 Å². The Kier molecular flexibility index (Phi) is 3.12. The molecule has 1 atom stereocenters. The zero-order valence-electron chi connectivity index (χ0n) is 11.0. The molecule has 4 heteroatoms. The number of hydrogen-bond acceptors (Lipinski definition) is 3. The highest BCUT2D eigenvalue weighted by molar-refractivity contribution is 6.34. The Bertz CT molecular complexity index is 461. The number of anilines is 2. The smallest absolute Gasteiger partial charge is 0.0797 e. The summed E-state index contributed by atoms with van der Waals surface area (Å²) in [5.74, 6) is 0. The number of fused-ring (bicyclic) bond motifs is 3. The molecule has 2 heterocycles. The number of halogens is 1. The third-order valence-corrected chi connectivity index (χ3v) is 4.27. The number of hydrogen-bond donors (Lipinski definition) is 1. The Hall–Kier alpha value is -0.930. The summed E-state index contributed by atoms with van der Waals surface area (Å²) in [6, 6.07) is 4.90.